The van der Waals surface area contributed by atoms with Crippen LogP contribution in [0.5, 0.6) is 0 Å². The molecule has 1 atom stereocenters. The lowest BCUT2D eigenvalue weighted by molar-refractivity contribution is 0.0594. The van der Waals surface area contributed by atoms with Crippen LogP contribution in [0.25, 0.3) is 0 Å². The van der Waals surface area contributed by atoms with Gasteiger partial charge in [-0.25, -0.2) is 14.8 Å². The number of anilines is 2. The SMILES string of the molecule is COC(=O)c1nc(NC(=O)c2cnc3c(c2)NC(C)CC3)ncc1Cl. The van der Waals surface area contributed by atoms with Crippen LogP contribution >= 0.6 is 11.6 Å². The number of fused-ring (bicyclic) bond motifs is 1. The molecule has 1 aliphatic heterocycles. The summed E-state index contributed by atoms with van der Waals surface area (Å²) in [7, 11) is 1.21. The maximum Gasteiger partial charge on any atom is 0.358 e. The largest absolute Gasteiger partial charge is 0.464 e. The predicted octanol–water partition coefficient (Wildman–Crippen LogP) is 2.31. The number of methoxy groups -OCH3 is 1. The molecule has 2 aromatic rings. The molecule has 1 unspecified atom stereocenters. The third-order valence-electron chi connectivity index (χ3n) is 3.80. The molecule has 0 saturated carbocycles. The van der Waals surface area contributed by atoms with Crippen molar-refractivity contribution in [3.63, 3.8) is 0 Å². The van der Waals surface area contributed by atoms with Gasteiger partial charge in [0.05, 0.1) is 35.3 Å². The van der Waals surface area contributed by atoms with Crippen LogP contribution in [-0.2, 0) is 11.2 Å². The summed E-state index contributed by atoms with van der Waals surface area (Å²) in [5, 5.41) is 5.87. The second-order valence-electron chi connectivity index (χ2n) is 5.64. The van der Waals surface area contributed by atoms with E-state index in [1.54, 1.807) is 6.07 Å². The van der Waals surface area contributed by atoms with Crippen LogP contribution in [0.1, 0.15) is 39.9 Å². The summed E-state index contributed by atoms with van der Waals surface area (Å²) in [5.41, 5.74) is 2.02. The van der Waals surface area contributed by atoms with E-state index in [-0.39, 0.29) is 16.7 Å². The van der Waals surface area contributed by atoms with Gasteiger partial charge in [-0.3, -0.25) is 15.1 Å². The van der Waals surface area contributed by atoms with Gasteiger partial charge in [0, 0.05) is 12.2 Å². The molecule has 0 radical (unpaired) electrons. The normalized spacial score (nSPS) is 15.7. The summed E-state index contributed by atoms with van der Waals surface area (Å²) in [4.78, 5) is 36.2. The van der Waals surface area contributed by atoms with Gasteiger partial charge in [0.2, 0.25) is 5.95 Å². The van der Waals surface area contributed by atoms with Gasteiger partial charge in [0.25, 0.3) is 5.91 Å². The quantitative estimate of drug-likeness (QED) is 0.808. The van der Waals surface area contributed by atoms with Crippen molar-refractivity contribution in [3.05, 3.63) is 40.4 Å². The third-order valence-corrected chi connectivity index (χ3v) is 4.07. The molecule has 3 rings (SSSR count). The fourth-order valence-corrected chi connectivity index (χ4v) is 2.64. The smallest absolute Gasteiger partial charge is 0.358 e. The number of rotatable bonds is 3. The van der Waals surface area contributed by atoms with E-state index in [0.29, 0.717) is 11.6 Å². The number of ether oxygens (including phenoxy) is 1. The summed E-state index contributed by atoms with van der Waals surface area (Å²) in [6.45, 7) is 2.07. The number of hydrogen-bond acceptors (Lipinski definition) is 7. The Morgan fingerprint density at radius 1 is 1.36 bits per heavy atom. The average molecular weight is 362 g/mol. The molecule has 1 aliphatic rings. The van der Waals surface area contributed by atoms with E-state index in [2.05, 4.69) is 37.2 Å². The number of hydrogen-bond donors (Lipinski definition) is 2. The molecule has 0 saturated heterocycles. The molecule has 0 aromatic carbocycles. The van der Waals surface area contributed by atoms with Crippen LogP contribution in [0, 0.1) is 0 Å². The van der Waals surface area contributed by atoms with Crippen molar-refractivity contribution in [3.8, 4) is 0 Å². The molecule has 0 bridgehead atoms. The Bertz CT molecular complexity index is 843. The van der Waals surface area contributed by atoms with E-state index in [9.17, 15) is 9.59 Å². The summed E-state index contributed by atoms with van der Waals surface area (Å²) in [5.74, 6) is -1.20. The van der Waals surface area contributed by atoms with Crippen molar-refractivity contribution in [2.75, 3.05) is 17.7 Å². The van der Waals surface area contributed by atoms with Crippen molar-refractivity contribution < 1.29 is 14.3 Å². The van der Waals surface area contributed by atoms with Gasteiger partial charge in [0.1, 0.15) is 0 Å². The van der Waals surface area contributed by atoms with Crippen molar-refractivity contribution in [2.45, 2.75) is 25.8 Å². The van der Waals surface area contributed by atoms with Gasteiger partial charge in [-0.15, -0.1) is 0 Å². The van der Waals surface area contributed by atoms with Gasteiger partial charge in [-0.05, 0) is 25.8 Å². The van der Waals surface area contributed by atoms with Gasteiger partial charge in [-0.1, -0.05) is 11.6 Å². The summed E-state index contributed by atoms with van der Waals surface area (Å²) in [6, 6.07) is 2.07. The second-order valence-corrected chi connectivity index (χ2v) is 6.05. The average Bonchev–Trinajstić information content (AvgIpc) is 2.61. The zero-order chi connectivity index (χ0) is 18.0. The number of nitrogens with one attached hydrogen (secondary N) is 2. The minimum absolute atomic E-state index is 0.0403. The first-order chi connectivity index (χ1) is 12.0. The molecule has 2 aromatic heterocycles. The Morgan fingerprint density at radius 3 is 2.92 bits per heavy atom. The highest BCUT2D eigenvalue weighted by Crippen LogP contribution is 2.24. The van der Waals surface area contributed by atoms with Crippen LogP contribution in [-0.4, -0.2) is 40.0 Å². The van der Waals surface area contributed by atoms with Crippen LogP contribution in [0.15, 0.2) is 18.5 Å². The zero-order valence-corrected chi connectivity index (χ0v) is 14.4. The summed E-state index contributed by atoms with van der Waals surface area (Å²) in [6.07, 6.45) is 4.60. The first kappa shape index (κ1) is 17.1. The minimum Gasteiger partial charge on any atom is -0.464 e. The molecule has 1 amide bonds. The fraction of sp³-hybridized carbons (Fsp3) is 0.312. The number of carbonyl (C=O) groups is 2. The summed E-state index contributed by atoms with van der Waals surface area (Å²) < 4.78 is 4.59. The van der Waals surface area contributed by atoms with Crippen LogP contribution < -0.4 is 10.6 Å². The number of aryl methyl sites for hydroxylation is 1. The van der Waals surface area contributed by atoms with E-state index in [1.165, 1.54) is 19.5 Å². The van der Waals surface area contributed by atoms with Crippen LogP contribution in [0.4, 0.5) is 11.6 Å². The number of halogens is 1. The Labute approximate surface area is 149 Å². The maximum absolute atomic E-state index is 12.4. The van der Waals surface area contributed by atoms with Crippen LogP contribution in [0.2, 0.25) is 5.02 Å². The fourth-order valence-electron chi connectivity index (χ4n) is 2.47. The molecule has 25 heavy (non-hydrogen) atoms. The number of carbonyl (C=O) groups excluding carboxylic acids is 2. The molecule has 0 fully saturated rings. The van der Waals surface area contributed by atoms with Gasteiger partial charge in [-0.2, -0.15) is 0 Å². The van der Waals surface area contributed by atoms with E-state index in [0.717, 1.165) is 24.2 Å². The van der Waals surface area contributed by atoms with Crippen molar-refractivity contribution in [2.24, 2.45) is 0 Å². The number of nitrogens with zero attached hydrogens (tertiary/aromatic N) is 3. The van der Waals surface area contributed by atoms with Crippen LogP contribution in [0.3, 0.4) is 0 Å². The highest BCUT2D eigenvalue weighted by atomic mass is 35.5. The van der Waals surface area contributed by atoms with Gasteiger partial charge < -0.3 is 10.1 Å². The van der Waals surface area contributed by atoms with Gasteiger partial charge >= 0.3 is 5.97 Å². The lowest BCUT2D eigenvalue weighted by Crippen LogP contribution is -2.24. The highest BCUT2D eigenvalue weighted by Gasteiger charge is 2.19. The molecule has 8 nitrogen and oxygen atoms in total. The van der Waals surface area contributed by atoms with Crippen molar-refractivity contribution in [1.82, 2.24) is 15.0 Å². The number of pyridine rings is 1. The molecule has 9 heteroatoms. The molecule has 3 heterocycles. The Morgan fingerprint density at radius 2 is 2.16 bits per heavy atom. The number of esters is 1. The van der Waals surface area contributed by atoms with E-state index < -0.39 is 11.9 Å². The highest BCUT2D eigenvalue weighted by molar-refractivity contribution is 6.33. The monoisotopic (exact) mass is 361 g/mol. The molecular weight excluding hydrogens is 346 g/mol. The number of aromatic nitrogens is 3. The second kappa shape index (κ2) is 7.02. The number of amides is 1. The standard InChI is InChI=1S/C16H16ClN5O3/c1-8-3-4-11-12(20-8)5-9(6-18-11)14(23)22-16-19-7-10(17)13(21-16)15(24)25-2/h5-8,20H,3-4H2,1-2H3,(H,19,21,22,23). The Kier molecular flexibility index (Phi) is 4.80. The molecule has 0 aliphatic carbocycles. The van der Waals surface area contributed by atoms with E-state index >= 15 is 0 Å². The predicted molar refractivity (Wildman–Crippen MR) is 92.0 cm³/mol. The maximum atomic E-state index is 12.4. The third kappa shape index (κ3) is 3.69. The Hall–Kier alpha value is -2.74. The lowest BCUT2D eigenvalue weighted by atomic mass is 10.0. The molecule has 0 spiro atoms. The Balaban J connectivity index is 1.81. The molecule has 2 N–H and O–H groups in total. The first-order valence-electron chi connectivity index (χ1n) is 7.65. The molecular formula is C16H16ClN5O3. The summed E-state index contributed by atoms with van der Waals surface area (Å²) >= 11 is 5.86. The zero-order valence-electron chi connectivity index (χ0n) is 13.7. The molecule has 130 valence electrons. The topological polar surface area (TPSA) is 106 Å². The van der Waals surface area contributed by atoms with E-state index in [4.69, 9.17) is 11.6 Å². The van der Waals surface area contributed by atoms with E-state index in [1.807, 2.05) is 0 Å². The van der Waals surface area contributed by atoms with Crippen molar-refractivity contribution in [1.29, 1.82) is 0 Å². The lowest BCUT2D eigenvalue weighted by Gasteiger charge is -2.23. The minimum atomic E-state index is -0.712. The van der Waals surface area contributed by atoms with Crippen molar-refractivity contribution >= 4 is 35.1 Å². The first-order valence-corrected chi connectivity index (χ1v) is 8.03. The van der Waals surface area contributed by atoms with Gasteiger partial charge in [0.15, 0.2) is 5.69 Å².